The van der Waals surface area contributed by atoms with Crippen LogP contribution in [0.3, 0.4) is 0 Å². The molecule has 1 atom stereocenters. The van der Waals surface area contributed by atoms with E-state index in [1.165, 1.54) is 11.3 Å². The van der Waals surface area contributed by atoms with Crippen LogP contribution in [0.15, 0.2) is 11.7 Å². The van der Waals surface area contributed by atoms with E-state index < -0.39 is 0 Å². The van der Waals surface area contributed by atoms with Crippen molar-refractivity contribution in [3.8, 4) is 0 Å². The van der Waals surface area contributed by atoms with Gasteiger partial charge in [0.2, 0.25) is 10.9 Å². The van der Waals surface area contributed by atoms with Crippen molar-refractivity contribution in [3.63, 3.8) is 0 Å². The van der Waals surface area contributed by atoms with Crippen molar-refractivity contribution >= 4 is 22.2 Å². The van der Waals surface area contributed by atoms with Gasteiger partial charge in [-0.3, -0.25) is 9.69 Å². The lowest BCUT2D eigenvalue weighted by Gasteiger charge is -2.26. The summed E-state index contributed by atoms with van der Waals surface area (Å²) >= 11 is 1.48. The van der Waals surface area contributed by atoms with E-state index in [9.17, 15) is 4.79 Å². The van der Waals surface area contributed by atoms with Crippen LogP contribution in [0.5, 0.6) is 0 Å². The van der Waals surface area contributed by atoms with Crippen LogP contribution in [0, 0.1) is 0 Å². The number of aromatic nitrogens is 3. The van der Waals surface area contributed by atoms with Crippen molar-refractivity contribution in [2.24, 2.45) is 0 Å². The van der Waals surface area contributed by atoms with Gasteiger partial charge in [0.25, 0.3) is 0 Å². The number of rotatable bonds is 4. The van der Waals surface area contributed by atoms with Crippen LogP contribution in [0.1, 0.15) is 18.7 Å². The van der Waals surface area contributed by atoms with Gasteiger partial charge in [0.1, 0.15) is 5.51 Å². The minimum Gasteiger partial charge on any atom is -0.379 e. The molecule has 0 radical (unpaired) electrons. The van der Waals surface area contributed by atoms with Crippen LogP contribution in [-0.2, 0) is 9.53 Å². The first-order valence-corrected chi connectivity index (χ1v) is 7.48. The SMILES string of the molecule is CC(NC(=O)CN1CCOCC1)c1cn2ncsc2n1. The molecule has 0 aliphatic carbocycles. The summed E-state index contributed by atoms with van der Waals surface area (Å²) in [4.78, 5) is 19.4. The third-order valence-electron chi connectivity index (χ3n) is 3.30. The summed E-state index contributed by atoms with van der Waals surface area (Å²) in [6.07, 6.45) is 1.85. The van der Waals surface area contributed by atoms with Gasteiger partial charge in [-0.05, 0) is 6.92 Å². The Morgan fingerprint density at radius 3 is 3.10 bits per heavy atom. The minimum atomic E-state index is -0.113. The normalized spacial score (nSPS) is 18.2. The van der Waals surface area contributed by atoms with E-state index in [0.29, 0.717) is 19.8 Å². The van der Waals surface area contributed by atoms with E-state index in [1.807, 2.05) is 13.1 Å². The van der Waals surface area contributed by atoms with Gasteiger partial charge in [0.15, 0.2) is 0 Å². The summed E-state index contributed by atoms with van der Waals surface area (Å²) in [6, 6.07) is -0.113. The van der Waals surface area contributed by atoms with Crippen LogP contribution >= 0.6 is 11.3 Å². The van der Waals surface area contributed by atoms with Gasteiger partial charge in [-0.1, -0.05) is 11.3 Å². The average molecular weight is 295 g/mol. The third-order valence-corrected chi connectivity index (χ3v) is 3.99. The molecule has 1 N–H and O–H groups in total. The highest BCUT2D eigenvalue weighted by Crippen LogP contribution is 2.15. The van der Waals surface area contributed by atoms with Crippen LogP contribution in [0.25, 0.3) is 4.96 Å². The van der Waals surface area contributed by atoms with Gasteiger partial charge in [-0.25, -0.2) is 9.50 Å². The van der Waals surface area contributed by atoms with Gasteiger partial charge < -0.3 is 10.1 Å². The van der Waals surface area contributed by atoms with Crippen LogP contribution in [-0.4, -0.2) is 58.3 Å². The molecule has 0 bridgehead atoms. The summed E-state index contributed by atoms with van der Waals surface area (Å²) in [7, 11) is 0. The minimum absolute atomic E-state index is 0.0173. The highest BCUT2D eigenvalue weighted by Gasteiger charge is 2.17. The number of morpholine rings is 1. The molecule has 1 unspecified atom stereocenters. The standard InChI is InChI=1S/C12H17N5O2S/c1-9(10-6-17-12(15-10)20-8-13-17)14-11(18)7-16-2-4-19-5-3-16/h6,8-9H,2-5,7H2,1H3,(H,14,18). The zero-order chi connectivity index (χ0) is 13.9. The maximum atomic E-state index is 12.0. The van der Waals surface area contributed by atoms with Crippen molar-refractivity contribution in [2.75, 3.05) is 32.8 Å². The lowest BCUT2D eigenvalue weighted by atomic mass is 10.2. The number of nitrogens with one attached hydrogen (secondary N) is 1. The molecule has 0 saturated carbocycles. The highest BCUT2D eigenvalue weighted by molar-refractivity contribution is 7.14. The first-order chi connectivity index (χ1) is 9.72. The zero-order valence-electron chi connectivity index (χ0n) is 11.3. The van der Waals surface area contributed by atoms with Crippen molar-refractivity contribution in [1.82, 2.24) is 24.8 Å². The summed E-state index contributed by atoms with van der Waals surface area (Å²) in [5.74, 6) is 0.0173. The molecule has 1 aliphatic rings. The molecule has 2 aromatic heterocycles. The molecular weight excluding hydrogens is 278 g/mol. The summed E-state index contributed by atoms with van der Waals surface area (Å²) < 4.78 is 6.99. The van der Waals surface area contributed by atoms with Gasteiger partial charge >= 0.3 is 0 Å². The van der Waals surface area contributed by atoms with Crippen molar-refractivity contribution in [2.45, 2.75) is 13.0 Å². The fourth-order valence-electron chi connectivity index (χ4n) is 2.19. The fourth-order valence-corrected chi connectivity index (χ4v) is 2.80. The Bertz CT molecular complexity index is 561. The molecular formula is C12H17N5O2S. The molecule has 1 saturated heterocycles. The smallest absolute Gasteiger partial charge is 0.234 e. The van der Waals surface area contributed by atoms with E-state index in [4.69, 9.17) is 4.74 Å². The van der Waals surface area contributed by atoms with E-state index in [-0.39, 0.29) is 11.9 Å². The van der Waals surface area contributed by atoms with E-state index >= 15 is 0 Å². The number of amides is 1. The molecule has 1 amide bonds. The number of nitrogens with zero attached hydrogens (tertiary/aromatic N) is 4. The molecule has 20 heavy (non-hydrogen) atoms. The fraction of sp³-hybridized carbons (Fsp3) is 0.583. The molecule has 108 valence electrons. The summed E-state index contributed by atoms with van der Waals surface area (Å²) in [5.41, 5.74) is 2.58. The van der Waals surface area contributed by atoms with Gasteiger partial charge in [-0.15, -0.1) is 0 Å². The molecule has 7 nitrogen and oxygen atoms in total. The quantitative estimate of drug-likeness (QED) is 0.878. The number of carbonyl (C=O) groups is 1. The summed E-state index contributed by atoms with van der Waals surface area (Å²) in [5, 5.41) is 7.11. The highest BCUT2D eigenvalue weighted by atomic mass is 32.1. The van der Waals surface area contributed by atoms with Gasteiger partial charge in [-0.2, -0.15) is 5.10 Å². The first-order valence-electron chi connectivity index (χ1n) is 6.60. The Labute approximate surface area is 120 Å². The van der Waals surface area contributed by atoms with E-state index in [2.05, 4.69) is 20.3 Å². The second kappa shape index (κ2) is 5.86. The number of hydrogen-bond acceptors (Lipinski definition) is 6. The molecule has 1 aliphatic heterocycles. The number of ether oxygens (including phenoxy) is 1. The number of imidazole rings is 1. The van der Waals surface area contributed by atoms with E-state index in [1.54, 1.807) is 10.0 Å². The topological polar surface area (TPSA) is 71.8 Å². The van der Waals surface area contributed by atoms with Gasteiger partial charge in [0.05, 0.1) is 37.7 Å². The Balaban J connectivity index is 1.56. The Morgan fingerprint density at radius 2 is 2.35 bits per heavy atom. The largest absolute Gasteiger partial charge is 0.379 e. The predicted octanol–water partition coefficient (Wildman–Crippen LogP) is 0.300. The monoisotopic (exact) mass is 295 g/mol. The lowest BCUT2D eigenvalue weighted by molar-refractivity contribution is -0.123. The predicted molar refractivity (Wildman–Crippen MR) is 74.7 cm³/mol. The second-order valence-corrected chi connectivity index (χ2v) is 5.62. The number of hydrogen-bond donors (Lipinski definition) is 1. The Morgan fingerprint density at radius 1 is 1.55 bits per heavy atom. The molecule has 8 heteroatoms. The maximum Gasteiger partial charge on any atom is 0.234 e. The first kappa shape index (κ1) is 13.5. The second-order valence-electron chi connectivity index (χ2n) is 4.81. The lowest BCUT2D eigenvalue weighted by Crippen LogP contribution is -2.43. The Kier molecular flexibility index (Phi) is 3.95. The average Bonchev–Trinajstić information content (AvgIpc) is 3.00. The van der Waals surface area contributed by atoms with Crippen LogP contribution in [0.2, 0.25) is 0 Å². The molecule has 0 aromatic carbocycles. The summed E-state index contributed by atoms with van der Waals surface area (Å²) in [6.45, 7) is 5.37. The number of fused-ring (bicyclic) bond motifs is 1. The van der Waals surface area contributed by atoms with Crippen molar-refractivity contribution < 1.29 is 9.53 Å². The molecule has 0 spiro atoms. The van der Waals surface area contributed by atoms with Crippen LogP contribution in [0.4, 0.5) is 0 Å². The molecule has 3 heterocycles. The zero-order valence-corrected chi connectivity index (χ0v) is 12.1. The van der Waals surface area contributed by atoms with E-state index in [0.717, 1.165) is 23.7 Å². The van der Waals surface area contributed by atoms with Crippen molar-refractivity contribution in [1.29, 1.82) is 0 Å². The Hall–Kier alpha value is -1.51. The number of carbonyl (C=O) groups excluding carboxylic acids is 1. The molecule has 2 aromatic rings. The van der Waals surface area contributed by atoms with Crippen molar-refractivity contribution in [3.05, 3.63) is 17.4 Å². The molecule has 3 rings (SSSR count). The van der Waals surface area contributed by atoms with Gasteiger partial charge in [0, 0.05) is 13.1 Å². The molecule has 1 fully saturated rings. The van der Waals surface area contributed by atoms with Crippen LogP contribution < -0.4 is 5.32 Å². The third kappa shape index (κ3) is 2.97. The maximum absolute atomic E-state index is 12.0.